The van der Waals surface area contributed by atoms with Gasteiger partial charge in [0.25, 0.3) is 0 Å². The van der Waals surface area contributed by atoms with E-state index in [1.165, 1.54) is 5.56 Å². The molecule has 0 aliphatic rings. The van der Waals surface area contributed by atoms with Gasteiger partial charge in [-0.15, -0.1) is 0 Å². The summed E-state index contributed by atoms with van der Waals surface area (Å²) in [5, 5.41) is 0. The first-order valence-electron chi connectivity index (χ1n) is 4.07. The van der Waals surface area contributed by atoms with Crippen LogP contribution in [0.15, 0.2) is 22.9 Å². The highest BCUT2D eigenvalue weighted by Crippen LogP contribution is 2.11. The summed E-state index contributed by atoms with van der Waals surface area (Å²) in [6.45, 7) is 2.09. The first-order chi connectivity index (χ1) is 5.72. The minimum Gasteiger partial charge on any atom is -0.327 e. The average molecular weight is 229 g/mol. The number of hydrogen-bond donors (Lipinski definition) is 1. The molecule has 0 saturated heterocycles. The van der Waals surface area contributed by atoms with Gasteiger partial charge < -0.3 is 5.73 Å². The van der Waals surface area contributed by atoms with Gasteiger partial charge in [0.2, 0.25) is 0 Å². The fraction of sp³-hybridized carbons (Fsp3) is 0.444. The predicted molar refractivity (Wildman–Crippen MR) is 53.9 cm³/mol. The number of halogens is 1. The van der Waals surface area contributed by atoms with Crippen molar-refractivity contribution in [2.75, 3.05) is 0 Å². The molecule has 1 aromatic rings. The van der Waals surface area contributed by atoms with Crippen molar-refractivity contribution in [1.82, 2.24) is 4.98 Å². The lowest BCUT2D eigenvalue weighted by molar-refractivity contribution is 0.645. The van der Waals surface area contributed by atoms with Gasteiger partial charge in [-0.25, -0.2) is 0 Å². The Morgan fingerprint density at radius 2 is 2.33 bits per heavy atom. The summed E-state index contributed by atoms with van der Waals surface area (Å²) in [7, 11) is 0. The molecule has 3 heteroatoms. The second-order valence-corrected chi connectivity index (χ2v) is 3.80. The zero-order chi connectivity index (χ0) is 8.97. The van der Waals surface area contributed by atoms with Gasteiger partial charge in [-0.2, -0.15) is 0 Å². The first-order valence-corrected chi connectivity index (χ1v) is 4.86. The van der Waals surface area contributed by atoms with E-state index < -0.39 is 0 Å². The van der Waals surface area contributed by atoms with Gasteiger partial charge in [-0.3, -0.25) is 4.98 Å². The number of aromatic nitrogens is 1. The molecule has 0 fully saturated rings. The van der Waals surface area contributed by atoms with Gasteiger partial charge in [-0.05, 0) is 40.4 Å². The van der Waals surface area contributed by atoms with Crippen LogP contribution in [0.2, 0.25) is 0 Å². The van der Waals surface area contributed by atoms with Gasteiger partial charge in [0, 0.05) is 22.9 Å². The van der Waals surface area contributed by atoms with Crippen molar-refractivity contribution in [3.05, 3.63) is 28.5 Å². The summed E-state index contributed by atoms with van der Waals surface area (Å²) in [4.78, 5) is 4.07. The summed E-state index contributed by atoms with van der Waals surface area (Å²) in [5.41, 5.74) is 7.01. The maximum atomic E-state index is 5.81. The van der Waals surface area contributed by atoms with E-state index in [1.54, 1.807) is 6.20 Å². The number of nitrogens with zero attached hydrogens (tertiary/aromatic N) is 1. The van der Waals surface area contributed by atoms with E-state index in [0.29, 0.717) is 0 Å². The molecule has 1 unspecified atom stereocenters. The molecule has 1 aromatic heterocycles. The minimum absolute atomic E-state index is 0.251. The molecule has 0 aliphatic carbocycles. The summed E-state index contributed by atoms with van der Waals surface area (Å²) < 4.78 is 1.02. The lowest BCUT2D eigenvalue weighted by Crippen LogP contribution is -2.21. The minimum atomic E-state index is 0.251. The maximum Gasteiger partial charge on any atom is 0.0410 e. The number of nitrogens with two attached hydrogens (primary N) is 1. The Bertz CT molecular complexity index is 250. The molecule has 2 nitrogen and oxygen atoms in total. The van der Waals surface area contributed by atoms with Gasteiger partial charge >= 0.3 is 0 Å². The fourth-order valence-corrected chi connectivity index (χ4v) is 1.43. The second-order valence-electron chi connectivity index (χ2n) is 2.88. The Morgan fingerprint density at radius 1 is 1.58 bits per heavy atom. The molecule has 0 aliphatic heterocycles. The summed E-state index contributed by atoms with van der Waals surface area (Å²) in [6.07, 6.45) is 5.55. The summed E-state index contributed by atoms with van der Waals surface area (Å²) in [6, 6.07) is 2.31. The molecule has 0 radical (unpaired) electrons. The van der Waals surface area contributed by atoms with Crippen LogP contribution in [-0.4, -0.2) is 11.0 Å². The monoisotopic (exact) mass is 228 g/mol. The van der Waals surface area contributed by atoms with Crippen LogP contribution in [-0.2, 0) is 6.42 Å². The molecule has 1 rings (SSSR count). The van der Waals surface area contributed by atoms with Crippen LogP contribution < -0.4 is 5.73 Å². The van der Waals surface area contributed by atoms with Gasteiger partial charge in [0.05, 0.1) is 0 Å². The van der Waals surface area contributed by atoms with Crippen molar-refractivity contribution in [1.29, 1.82) is 0 Å². The topological polar surface area (TPSA) is 38.9 Å². The standard InChI is InChI=1S/C9H13BrN2/c1-2-9(11)4-7-3-8(10)6-12-5-7/h3,5-6,9H,2,4,11H2,1H3. The third-order valence-corrected chi connectivity index (χ3v) is 2.22. The number of rotatable bonds is 3. The zero-order valence-electron chi connectivity index (χ0n) is 7.13. The zero-order valence-corrected chi connectivity index (χ0v) is 8.71. The molecule has 0 bridgehead atoms. The summed E-state index contributed by atoms with van der Waals surface area (Å²) >= 11 is 3.37. The Labute approximate surface area is 81.3 Å². The Hall–Kier alpha value is -0.410. The molecule has 12 heavy (non-hydrogen) atoms. The molecule has 0 aromatic carbocycles. The van der Waals surface area contributed by atoms with Crippen LogP contribution in [0.5, 0.6) is 0 Å². The molecule has 2 N–H and O–H groups in total. The third kappa shape index (κ3) is 2.91. The van der Waals surface area contributed by atoms with Crippen molar-refractivity contribution in [3.8, 4) is 0 Å². The molecule has 1 atom stereocenters. The van der Waals surface area contributed by atoms with Crippen molar-refractivity contribution < 1.29 is 0 Å². The first kappa shape index (κ1) is 9.68. The Morgan fingerprint density at radius 3 is 2.92 bits per heavy atom. The van der Waals surface area contributed by atoms with Crippen molar-refractivity contribution >= 4 is 15.9 Å². The van der Waals surface area contributed by atoms with Crippen LogP contribution >= 0.6 is 15.9 Å². The van der Waals surface area contributed by atoms with E-state index in [2.05, 4.69) is 33.9 Å². The third-order valence-electron chi connectivity index (χ3n) is 1.78. The number of pyridine rings is 1. The van der Waals surface area contributed by atoms with E-state index in [0.717, 1.165) is 17.3 Å². The molecule has 0 spiro atoms. The SMILES string of the molecule is CCC(N)Cc1cncc(Br)c1. The largest absolute Gasteiger partial charge is 0.327 e. The Kier molecular flexibility index (Phi) is 3.69. The fourth-order valence-electron chi connectivity index (χ4n) is 1.01. The Balaban J connectivity index is 2.63. The molecular weight excluding hydrogens is 216 g/mol. The highest BCUT2D eigenvalue weighted by atomic mass is 79.9. The quantitative estimate of drug-likeness (QED) is 0.862. The molecular formula is C9H13BrN2. The molecule has 66 valence electrons. The molecule has 0 amide bonds. The van der Waals surface area contributed by atoms with Crippen LogP contribution in [0.25, 0.3) is 0 Å². The number of hydrogen-bond acceptors (Lipinski definition) is 2. The van der Waals surface area contributed by atoms with Gasteiger partial charge in [0.1, 0.15) is 0 Å². The normalized spacial score (nSPS) is 12.9. The smallest absolute Gasteiger partial charge is 0.0410 e. The molecule has 0 saturated carbocycles. The second kappa shape index (κ2) is 4.58. The van der Waals surface area contributed by atoms with Crippen LogP contribution in [0, 0.1) is 0 Å². The van der Waals surface area contributed by atoms with Crippen molar-refractivity contribution in [2.24, 2.45) is 5.73 Å². The van der Waals surface area contributed by atoms with Gasteiger partial charge in [-0.1, -0.05) is 6.92 Å². The van der Waals surface area contributed by atoms with Gasteiger partial charge in [0.15, 0.2) is 0 Å². The highest BCUT2D eigenvalue weighted by Gasteiger charge is 2.01. The van der Waals surface area contributed by atoms with E-state index in [4.69, 9.17) is 5.73 Å². The lowest BCUT2D eigenvalue weighted by Gasteiger charge is -2.07. The van der Waals surface area contributed by atoms with Crippen LogP contribution in [0.3, 0.4) is 0 Å². The average Bonchev–Trinajstić information content (AvgIpc) is 2.04. The maximum absolute atomic E-state index is 5.81. The highest BCUT2D eigenvalue weighted by molar-refractivity contribution is 9.10. The van der Waals surface area contributed by atoms with Crippen LogP contribution in [0.1, 0.15) is 18.9 Å². The van der Waals surface area contributed by atoms with E-state index in [1.807, 2.05) is 6.20 Å². The van der Waals surface area contributed by atoms with Crippen molar-refractivity contribution in [3.63, 3.8) is 0 Å². The van der Waals surface area contributed by atoms with E-state index >= 15 is 0 Å². The van der Waals surface area contributed by atoms with Crippen molar-refractivity contribution in [2.45, 2.75) is 25.8 Å². The lowest BCUT2D eigenvalue weighted by atomic mass is 10.1. The van der Waals surface area contributed by atoms with E-state index in [-0.39, 0.29) is 6.04 Å². The summed E-state index contributed by atoms with van der Waals surface area (Å²) in [5.74, 6) is 0. The predicted octanol–water partition coefficient (Wildman–Crippen LogP) is 2.12. The molecule has 1 heterocycles. The van der Waals surface area contributed by atoms with E-state index in [9.17, 15) is 0 Å². The van der Waals surface area contributed by atoms with Crippen LogP contribution in [0.4, 0.5) is 0 Å².